The molecular weight excluding hydrogens is 430 g/mol. The van der Waals surface area contributed by atoms with E-state index in [9.17, 15) is 9.90 Å². The smallest absolute Gasteiger partial charge is 0.225 e. The molecule has 4 rings (SSSR count). The Morgan fingerprint density at radius 2 is 2.15 bits per heavy atom. The monoisotopic (exact) mass is 467 g/mol. The Balaban J connectivity index is 1.52. The van der Waals surface area contributed by atoms with E-state index in [4.69, 9.17) is 4.98 Å². The third-order valence-electron chi connectivity index (χ3n) is 8.02. The van der Waals surface area contributed by atoms with E-state index >= 15 is 0 Å². The predicted octanol–water partition coefficient (Wildman–Crippen LogP) is 5.09. The van der Waals surface area contributed by atoms with Crippen LogP contribution in [0, 0.1) is 23.2 Å². The van der Waals surface area contributed by atoms with Gasteiger partial charge in [0.05, 0.1) is 11.8 Å². The van der Waals surface area contributed by atoms with Gasteiger partial charge in [0.1, 0.15) is 0 Å². The molecule has 2 aliphatic rings. The van der Waals surface area contributed by atoms with Crippen LogP contribution in [-0.2, 0) is 17.8 Å². The lowest BCUT2D eigenvalue weighted by Crippen LogP contribution is -2.53. The standard InChI is InChI=1S/C27H37N3O2S/c1-6-14-30(5)25(32)17(2)20-12-13-27(4)15-21-23(18(3)22(27)24(20)31)29-26(33-21)28-16-19-10-8-7-9-11-19/h6-11,17-18,20,22,24,31H,1,12-16H2,2-5H3,(H,28,29)/t17-,18-,20?,22+,24-,27-/m0/s1. The van der Waals surface area contributed by atoms with E-state index in [0.717, 1.165) is 36.6 Å². The van der Waals surface area contributed by atoms with Crippen LogP contribution in [0.1, 0.15) is 55.7 Å². The number of nitrogens with zero attached hydrogens (tertiary/aromatic N) is 2. The Morgan fingerprint density at radius 3 is 2.85 bits per heavy atom. The third-order valence-corrected chi connectivity index (χ3v) is 9.05. The Kier molecular flexibility index (Phi) is 6.96. The van der Waals surface area contributed by atoms with Gasteiger partial charge in [-0.2, -0.15) is 0 Å². The average Bonchev–Trinajstić information content (AvgIpc) is 3.20. The zero-order chi connectivity index (χ0) is 23.8. The number of aliphatic hydroxyl groups excluding tert-OH is 1. The van der Waals surface area contributed by atoms with Gasteiger partial charge in [-0.25, -0.2) is 4.98 Å². The highest BCUT2D eigenvalue weighted by atomic mass is 32.1. The van der Waals surface area contributed by atoms with Crippen molar-refractivity contribution in [1.29, 1.82) is 0 Å². The summed E-state index contributed by atoms with van der Waals surface area (Å²) in [6.07, 6.45) is 4.09. The summed E-state index contributed by atoms with van der Waals surface area (Å²) in [5.74, 6) is 0.122. The van der Waals surface area contributed by atoms with Gasteiger partial charge in [0, 0.05) is 36.9 Å². The molecular formula is C27H37N3O2S. The largest absolute Gasteiger partial charge is 0.392 e. The average molecular weight is 468 g/mol. The van der Waals surface area contributed by atoms with Crippen LogP contribution in [-0.4, -0.2) is 40.6 Å². The summed E-state index contributed by atoms with van der Waals surface area (Å²) >= 11 is 1.76. The summed E-state index contributed by atoms with van der Waals surface area (Å²) in [6.45, 7) is 11.5. The highest BCUT2D eigenvalue weighted by Gasteiger charge is 2.54. The maximum Gasteiger partial charge on any atom is 0.225 e. The molecule has 1 fully saturated rings. The Bertz CT molecular complexity index is 991. The molecule has 1 heterocycles. The minimum absolute atomic E-state index is 0.0267. The van der Waals surface area contributed by atoms with Crippen LogP contribution in [0.15, 0.2) is 43.0 Å². The number of likely N-dealkylation sites (N-methyl/N-ethyl adjacent to an activating group) is 1. The highest BCUT2D eigenvalue weighted by Crippen LogP contribution is 2.57. The molecule has 2 N–H and O–H groups in total. The molecule has 0 bridgehead atoms. The van der Waals surface area contributed by atoms with Gasteiger partial charge in [-0.15, -0.1) is 17.9 Å². The molecule has 1 unspecified atom stereocenters. The number of carbonyl (C=O) groups excluding carboxylic acids is 1. The fraction of sp³-hybridized carbons (Fsp3) is 0.556. The molecule has 0 radical (unpaired) electrons. The maximum atomic E-state index is 12.9. The van der Waals surface area contributed by atoms with E-state index < -0.39 is 6.10 Å². The second kappa shape index (κ2) is 9.59. The summed E-state index contributed by atoms with van der Waals surface area (Å²) in [5, 5.41) is 16.0. The Hall–Kier alpha value is -2.18. The summed E-state index contributed by atoms with van der Waals surface area (Å²) < 4.78 is 0. The van der Waals surface area contributed by atoms with Crippen molar-refractivity contribution >= 4 is 22.4 Å². The Labute approximate surface area is 201 Å². The lowest BCUT2D eigenvalue weighted by atomic mass is 9.53. The number of aliphatic hydroxyl groups is 1. The van der Waals surface area contributed by atoms with Crippen LogP contribution in [0.25, 0.3) is 0 Å². The lowest BCUT2D eigenvalue weighted by Gasteiger charge is -2.53. The van der Waals surface area contributed by atoms with Gasteiger partial charge in [-0.1, -0.05) is 57.2 Å². The highest BCUT2D eigenvalue weighted by molar-refractivity contribution is 7.15. The molecule has 0 spiro atoms. The van der Waals surface area contributed by atoms with Gasteiger partial charge in [0.2, 0.25) is 5.91 Å². The topological polar surface area (TPSA) is 65.5 Å². The molecule has 178 valence electrons. The number of carbonyl (C=O) groups is 1. The SMILES string of the molecule is C=CCN(C)C(=O)[C@@H](C)C1CC[C@@]2(C)Cc3sc(NCc4ccccc4)nc3[C@@H](C)[C@@H]2[C@H]1O. The van der Waals surface area contributed by atoms with Crippen LogP contribution in [0.2, 0.25) is 0 Å². The first kappa shape index (κ1) is 24.0. The molecule has 6 atom stereocenters. The van der Waals surface area contributed by atoms with E-state index in [1.54, 1.807) is 22.3 Å². The quantitative estimate of drug-likeness (QED) is 0.557. The van der Waals surface area contributed by atoms with E-state index in [2.05, 4.69) is 50.0 Å². The second-order valence-electron chi connectivity index (χ2n) is 10.3. The van der Waals surface area contributed by atoms with Crippen molar-refractivity contribution < 1.29 is 9.90 Å². The zero-order valence-corrected chi connectivity index (χ0v) is 21.1. The van der Waals surface area contributed by atoms with Gasteiger partial charge < -0.3 is 15.3 Å². The predicted molar refractivity (Wildman–Crippen MR) is 135 cm³/mol. The number of hydrogen-bond donors (Lipinski definition) is 2. The zero-order valence-electron chi connectivity index (χ0n) is 20.3. The Morgan fingerprint density at radius 1 is 1.42 bits per heavy atom. The summed E-state index contributed by atoms with van der Waals surface area (Å²) in [5.41, 5.74) is 2.39. The van der Waals surface area contributed by atoms with E-state index in [1.165, 1.54) is 10.4 Å². The van der Waals surface area contributed by atoms with Crippen molar-refractivity contribution in [2.75, 3.05) is 18.9 Å². The maximum absolute atomic E-state index is 12.9. The normalized spacial score (nSPS) is 29.5. The van der Waals surface area contributed by atoms with Crippen LogP contribution in [0.3, 0.4) is 0 Å². The second-order valence-corrected chi connectivity index (χ2v) is 11.4. The van der Waals surface area contributed by atoms with Crippen molar-refractivity contribution in [3.8, 4) is 0 Å². The van der Waals surface area contributed by atoms with Gasteiger partial charge >= 0.3 is 0 Å². The first-order chi connectivity index (χ1) is 15.7. The van der Waals surface area contributed by atoms with Crippen LogP contribution in [0.4, 0.5) is 5.13 Å². The third kappa shape index (κ3) is 4.60. The number of fused-ring (bicyclic) bond motifs is 2. The number of benzene rings is 1. The van der Waals surface area contributed by atoms with Gasteiger partial charge in [-0.05, 0) is 42.1 Å². The summed E-state index contributed by atoms with van der Waals surface area (Å²) in [6, 6.07) is 10.4. The van der Waals surface area contributed by atoms with E-state index in [0.29, 0.717) is 6.54 Å². The fourth-order valence-corrected chi connectivity index (χ4v) is 7.47. The molecule has 5 nitrogen and oxygen atoms in total. The molecule has 33 heavy (non-hydrogen) atoms. The minimum atomic E-state index is -0.509. The van der Waals surface area contributed by atoms with Crippen molar-refractivity contribution in [1.82, 2.24) is 9.88 Å². The molecule has 1 aromatic heterocycles. The lowest BCUT2D eigenvalue weighted by molar-refractivity contribution is -0.143. The summed E-state index contributed by atoms with van der Waals surface area (Å²) in [7, 11) is 1.81. The molecule has 1 aromatic carbocycles. The molecule has 6 heteroatoms. The molecule has 2 aromatic rings. The van der Waals surface area contributed by atoms with Gasteiger partial charge in [0.15, 0.2) is 5.13 Å². The fourth-order valence-electron chi connectivity index (χ4n) is 6.21. The molecule has 1 amide bonds. The van der Waals surface area contributed by atoms with E-state index in [1.807, 2.05) is 20.0 Å². The van der Waals surface area contributed by atoms with Gasteiger partial charge in [-0.3, -0.25) is 4.79 Å². The first-order valence-electron chi connectivity index (χ1n) is 12.1. The van der Waals surface area contributed by atoms with Crippen molar-refractivity contribution in [2.24, 2.45) is 23.2 Å². The first-order valence-corrected chi connectivity index (χ1v) is 12.9. The van der Waals surface area contributed by atoms with Crippen LogP contribution >= 0.6 is 11.3 Å². The van der Waals surface area contributed by atoms with Crippen LogP contribution in [0.5, 0.6) is 0 Å². The number of hydrogen-bond acceptors (Lipinski definition) is 5. The number of rotatable bonds is 7. The number of aromatic nitrogens is 1. The van der Waals surface area contributed by atoms with Crippen molar-refractivity contribution in [2.45, 2.75) is 58.6 Å². The minimum Gasteiger partial charge on any atom is -0.392 e. The number of anilines is 1. The molecule has 0 aliphatic heterocycles. The van der Waals surface area contributed by atoms with Gasteiger partial charge in [0.25, 0.3) is 0 Å². The summed E-state index contributed by atoms with van der Waals surface area (Å²) in [4.78, 5) is 21.0. The molecule has 1 saturated carbocycles. The number of thiazole rings is 1. The molecule has 0 saturated heterocycles. The van der Waals surface area contributed by atoms with Crippen molar-refractivity contribution in [3.63, 3.8) is 0 Å². The molecule has 2 aliphatic carbocycles. The van der Waals surface area contributed by atoms with E-state index in [-0.39, 0.29) is 35.0 Å². The van der Waals surface area contributed by atoms with Crippen molar-refractivity contribution in [3.05, 3.63) is 59.1 Å². The van der Waals surface area contributed by atoms with Crippen LogP contribution < -0.4 is 5.32 Å². The number of amides is 1. The number of nitrogens with one attached hydrogen (secondary N) is 1.